The number of nitrogens with two attached hydrogens (primary N) is 1. The Kier molecular flexibility index (Phi) is 3.90. The third kappa shape index (κ3) is 2.97. The Morgan fingerprint density at radius 1 is 1.35 bits per heavy atom. The second kappa shape index (κ2) is 5.87. The maximum atomic E-state index is 14.2. The Labute approximate surface area is 133 Å². The number of nitrogens with one attached hydrogen (secondary N) is 1. The average Bonchev–Trinajstić information content (AvgIpc) is 2.50. The van der Waals surface area contributed by atoms with Crippen molar-refractivity contribution in [1.29, 1.82) is 0 Å². The van der Waals surface area contributed by atoms with Gasteiger partial charge in [0.05, 0.1) is 22.7 Å². The van der Waals surface area contributed by atoms with Crippen molar-refractivity contribution in [1.82, 2.24) is 0 Å². The van der Waals surface area contributed by atoms with E-state index < -0.39 is 10.7 Å². The molecule has 0 amide bonds. The second-order valence-electron chi connectivity index (χ2n) is 5.92. The molecule has 1 unspecified atom stereocenters. The van der Waals surface area contributed by atoms with E-state index in [1.165, 1.54) is 11.6 Å². The Morgan fingerprint density at radius 3 is 2.87 bits per heavy atom. The number of anilines is 2. The number of nitro benzene ring substituents is 1. The van der Waals surface area contributed by atoms with Crippen LogP contribution in [0.4, 0.5) is 21.5 Å². The van der Waals surface area contributed by atoms with Crippen LogP contribution in [-0.4, -0.2) is 4.92 Å². The van der Waals surface area contributed by atoms with Gasteiger partial charge in [0.2, 0.25) is 0 Å². The van der Waals surface area contributed by atoms with E-state index in [0.29, 0.717) is 11.3 Å². The van der Waals surface area contributed by atoms with Crippen LogP contribution in [0.5, 0.6) is 0 Å². The molecule has 0 heterocycles. The van der Waals surface area contributed by atoms with E-state index in [9.17, 15) is 14.5 Å². The van der Waals surface area contributed by atoms with Gasteiger partial charge in [-0.05, 0) is 55.5 Å². The molecule has 0 bridgehead atoms. The van der Waals surface area contributed by atoms with Crippen molar-refractivity contribution >= 4 is 17.1 Å². The molecule has 3 N–H and O–H groups in total. The number of hydrogen-bond acceptors (Lipinski definition) is 4. The van der Waals surface area contributed by atoms with Crippen LogP contribution in [0.3, 0.4) is 0 Å². The lowest BCUT2D eigenvalue weighted by atomic mass is 9.87. The van der Waals surface area contributed by atoms with E-state index in [4.69, 9.17) is 5.73 Å². The molecule has 1 atom stereocenters. The molecule has 0 fully saturated rings. The van der Waals surface area contributed by atoms with Crippen LogP contribution >= 0.6 is 0 Å². The summed E-state index contributed by atoms with van der Waals surface area (Å²) in [7, 11) is 0. The van der Waals surface area contributed by atoms with Crippen LogP contribution in [0, 0.1) is 22.9 Å². The zero-order valence-corrected chi connectivity index (χ0v) is 12.8. The summed E-state index contributed by atoms with van der Waals surface area (Å²) in [6, 6.07) is 8.23. The molecule has 3 rings (SSSR count). The van der Waals surface area contributed by atoms with Crippen molar-refractivity contribution in [2.24, 2.45) is 0 Å². The van der Waals surface area contributed by atoms with Gasteiger partial charge in [-0.2, -0.15) is 0 Å². The van der Waals surface area contributed by atoms with Crippen LogP contribution in [0.2, 0.25) is 0 Å². The summed E-state index contributed by atoms with van der Waals surface area (Å²) in [4.78, 5) is 10.3. The number of halogens is 1. The molecule has 6 heteroatoms. The van der Waals surface area contributed by atoms with Gasteiger partial charge < -0.3 is 11.1 Å². The van der Waals surface area contributed by atoms with E-state index in [2.05, 4.69) is 5.32 Å². The van der Waals surface area contributed by atoms with Gasteiger partial charge in [-0.25, -0.2) is 4.39 Å². The Morgan fingerprint density at radius 2 is 2.13 bits per heavy atom. The topological polar surface area (TPSA) is 81.2 Å². The van der Waals surface area contributed by atoms with Crippen molar-refractivity contribution in [2.75, 3.05) is 11.1 Å². The highest BCUT2D eigenvalue weighted by Crippen LogP contribution is 2.35. The number of fused-ring (bicyclic) bond motifs is 1. The molecule has 2 aromatic rings. The van der Waals surface area contributed by atoms with Crippen LogP contribution in [0.15, 0.2) is 30.3 Å². The molecule has 0 radical (unpaired) electrons. The van der Waals surface area contributed by atoms with Gasteiger partial charge in [0.25, 0.3) is 5.69 Å². The third-order valence-electron chi connectivity index (χ3n) is 4.29. The van der Waals surface area contributed by atoms with Gasteiger partial charge in [-0.3, -0.25) is 10.1 Å². The molecule has 0 spiro atoms. The van der Waals surface area contributed by atoms with Gasteiger partial charge in [-0.15, -0.1) is 0 Å². The normalized spacial score (nSPS) is 16.7. The van der Waals surface area contributed by atoms with Crippen molar-refractivity contribution in [3.63, 3.8) is 0 Å². The number of hydrogen-bond donors (Lipinski definition) is 2. The highest BCUT2D eigenvalue weighted by Gasteiger charge is 2.22. The Hall–Kier alpha value is -2.63. The smallest absolute Gasteiger partial charge is 0.275 e. The van der Waals surface area contributed by atoms with Crippen molar-refractivity contribution in [3.05, 3.63) is 63.0 Å². The van der Waals surface area contributed by atoms with Gasteiger partial charge in [0.1, 0.15) is 0 Å². The average molecular weight is 315 g/mol. The molecule has 0 saturated carbocycles. The number of nitrogen functional groups attached to an aromatic ring is 1. The largest absolute Gasteiger partial charge is 0.399 e. The van der Waals surface area contributed by atoms with Crippen molar-refractivity contribution in [3.8, 4) is 0 Å². The number of rotatable bonds is 3. The molecule has 23 heavy (non-hydrogen) atoms. The fourth-order valence-corrected chi connectivity index (χ4v) is 3.15. The maximum Gasteiger partial charge on any atom is 0.275 e. The summed E-state index contributed by atoms with van der Waals surface area (Å²) in [5, 5.41) is 14.1. The molecular formula is C17H18FN3O2. The molecule has 0 aliphatic heterocycles. The van der Waals surface area contributed by atoms with E-state index in [-0.39, 0.29) is 11.7 Å². The fourth-order valence-electron chi connectivity index (χ4n) is 3.15. The first kappa shape index (κ1) is 15.3. The maximum absolute atomic E-state index is 14.2. The molecule has 0 saturated heterocycles. The van der Waals surface area contributed by atoms with Crippen molar-refractivity contribution in [2.45, 2.75) is 32.2 Å². The van der Waals surface area contributed by atoms with Crippen LogP contribution in [0.25, 0.3) is 0 Å². The quantitative estimate of drug-likeness (QED) is 0.507. The monoisotopic (exact) mass is 315 g/mol. The van der Waals surface area contributed by atoms with E-state index in [1.54, 1.807) is 6.92 Å². The van der Waals surface area contributed by atoms with Crippen LogP contribution < -0.4 is 11.1 Å². The van der Waals surface area contributed by atoms with Gasteiger partial charge in [0.15, 0.2) is 5.82 Å². The van der Waals surface area contributed by atoms with Crippen LogP contribution in [0.1, 0.15) is 35.6 Å². The minimum atomic E-state index is -0.607. The SMILES string of the molecule is Cc1cc(NC2CCCc3cc(N)ccc32)c(F)cc1[N+](=O)[O-]. The summed E-state index contributed by atoms with van der Waals surface area (Å²) < 4.78 is 14.2. The summed E-state index contributed by atoms with van der Waals surface area (Å²) in [5.41, 5.74) is 9.36. The highest BCUT2D eigenvalue weighted by molar-refractivity contribution is 5.57. The first-order valence-electron chi connectivity index (χ1n) is 7.55. The number of nitro groups is 1. The molecule has 2 aromatic carbocycles. The number of benzene rings is 2. The van der Waals surface area contributed by atoms with Gasteiger partial charge >= 0.3 is 0 Å². The van der Waals surface area contributed by atoms with Gasteiger partial charge in [0, 0.05) is 11.3 Å². The molecule has 5 nitrogen and oxygen atoms in total. The lowest BCUT2D eigenvalue weighted by Gasteiger charge is -2.27. The lowest BCUT2D eigenvalue weighted by Crippen LogP contribution is -2.18. The Balaban J connectivity index is 1.92. The molecule has 0 aromatic heterocycles. The summed E-state index contributed by atoms with van der Waals surface area (Å²) in [5.74, 6) is -0.607. The zero-order valence-electron chi connectivity index (χ0n) is 12.8. The summed E-state index contributed by atoms with van der Waals surface area (Å²) in [6.45, 7) is 1.61. The number of aryl methyl sites for hydroxylation is 2. The number of nitrogens with zero attached hydrogens (tertiary/aromatic N) is 1. The summed E-state index contributed by atoms with van der Waals surface area (Å²) >= 11 is 0. The van der Waals surface area contributed by atoms with E-state index in [0.717, 1.165) is 36.6 Å². The highest BCUT2D eigenvalue weighted by atomic mass is 19.1. The first-order chi connectivity index (χ1) is 11.0. The molecule has 1 aliphatic rings. The predicted octanol–water partition coefficient (Wildman–Crippen LogP) is 4.11. The third-order valence-corrected chi connectivity index (χ3v) is 4.29. The fraction of sp³-hybridized carbons (Fsp3) is 0.294. The standard InChI is InChI=1S/C17H18FN3O2/c1-10-7-16(14(18)9-17(10)21(22)23)20-15-4-2-3-11-8-12(19)5-6-13(11)15/h5-9,15,20H,2-4,19H2,1H3. The Bertz CT molecular complexity index is 777. The lowest BCUT2D eigenvalue weighted by molar-refractivity contribution is -0.385. The van der Waals surface area contributed by atoms with E-state index >= 15 is 0 Å². The first-order valence-corrected chi connectivity index (χ1v) is 7.55. The molecular weight excluding hydrogens is 297 g/mol. The molecule has 1 aliphatic carbocycles. The second-order valence-corrected chi connectivity index (χ2v) is 5.92. The van der Waals surface area contributed by atoms with Crippen molar-refractivity contribution < 1.29 is 9.31 Å². The zero-order chi connectivity index (χ0) is 16.6. The van der Waals surface area contributed by atoms with E-state index in [1.807, 2.05) is 18.2 Å². The summed E-state index contributed by atoms with van der Waals surface area (Å²) in [6.07, 6.45) is 2.83. The minimum absolute atomic E-state index is 0.0188. The van der Waals surface area contributed by atoms with Crippen LogP contribution in [-0.2, 0) is 6.42 Å². The van der Waals surface area contributed by atoms with Gasteiger partial charge in [-0.1, -0.05) is 6.07 Å². The molecule has 120 valence electrons. The minimum Gasteiger partial charge on any atom is -0.399 e. The predicted molar refractivity (Wildman–Crippen MR) is 87.9 cm³/mol.